The molecular formula is C32H32N6O4. The first kappa shape index (κ1) is 26.2. The number of rotatable bonds is 6. The van der Waals surface area contributed by atoms with E-state index < -0.39 is 0 Å². The van der Waals surface area contributed by atoms with Crippen molar-refractivity contribution >= 4 is 23.2 Å². The van der Waals surface area contributed by atoms with E-state index in [0.717, 1.165) is 41.2 Å². The van der Waals surface area contributed by atoms with Crippen LogP contribution in [0.15, 0.2) is 76.0 Å². The van der Waals surface area contributed by atoms with Gasteiger partial charge in [0.1, 0.15) is 0 Å². The number of carbonyl (C=O) groups excluding carboxylic acids is 2. The minimum Gasteiger partial charge on any atom is -0.366 e. The Morgan fingerprint density at radius 1 is 1.05 bits per heavy atom. The van der Waals surface area contributed by atoms with Gasteiger partial charge in [0.05, 0.1) is 5.92 Å². The lowest BCUT2D eigenvalue weighted by Gasteiger charge is -2.54. The average molecular weight is 565 g/mol. The van der Waals surface area contributed by atoms with Gasteiger partial charge < -0.3 is 24.6 Å². The van der Waals surface area contributed by atoms with Gasteiger partial charge in [0, 0.05) is 73.6 Å². The van der Waals surface area contributed by atoms with Crippen molar-refractivity contribution in [1.82, 2.24) is 20.0 Å². The Kier molecular flexibility index (Phi) is 6.60. The molecule has 0 radical (unpaired) electrons. The summed E-state index contributed by atoms with van der Waals surface area (Å²) in [6, 6.07) is 21.0. The minimum absolute atomic E-state index is 0.0160. The quantitative estimate of drug-likeness (QED) is 0.368. The summed E-state index contributed by atoms with van der Waals surface area (Å²) in [5, 5.41) is 10.1. The molecule has 5 heterocycles. The van der Waals surface area contributed by atoms with Gasteiger partial charge in [-0.1, -0.05) is 41.6 Å². The van der Waals surface area contributed by atoms with Gasteiger partial charge in [-0.15, -0.1) is 0 Å². The molecule has 10 heteroatoms. The molecule has 10 nitrogen and oxygen atoms in total. The third kappa shape index (κ3) is 4.76. The number of hydrogen-bond donors (Lipinski definition) is 2. The van der Waals surface area contributed by atoms with Crippen LogP contribution < -0.4 is 21.1 Å². The Morgan fingerprint density at radius 2 is 1.90 bits per heavy atom. The maximum atomic E-state index is 13.9. The molecule has 0 spiro atoms. The number of carbonyl (C=O) groups is 2. The lowest BCUT2D eigenvalue weighted by Crippen LogP contribution is -2.60. The molecule has 4 unspecified atom stereocenters. The molecule has 4 aromatic rings. The number of piperidine rings is 1. The number of aromatic nitrogens is 3. The summed E-state index contributed by atoms with van der Waals surface area (Å²) in [5.41, 5.74) is 4.75. The lowest BCUT2D eigenvalue weighted by molar-refractivity contribution is -0.126. The van der Waals surface area contributed by atoms with Crippen LogP contribution in [0.5, 0.6) is 0 Å². The van der Waals surface area contributed by atoms with Crippen molar-refractivity contribution in [3.63, 3.8) is 0 Å². The molecule has 3 aliphatic rings. The predicted octanol–water partition coefficient (Wildman–Crippen LogP) is 3.38. The summed E-state index contributed by atoms with van der Waals surface area (Å²) in [4.78, 5) is 45.3. The summed E-state index contributed by atoms with van der Waals surface area (Å²) in [5.74, 6) is 0.816. The molecule has 214 valence electrons. The summed E-state index contributed by atoms with van der Waals surface area (Å²) < 4.78 is 7.34. The largest absolute Gasteiger partial charge is 0.366 e. The summed E-state index contributed by atoms with van der Waals surface area (Å²) in [6.45, 7) is 3.30. The van der Waals surface area contributed by atoms with E-state index in [1.54, 1.807) is 6.07 Å². The molecule has 3 aliphatic heterocycles. The number of hydrogen-bond acceptors (Lipinski definition) is 7. The average Bonchev–Trinajstić information content (AvgIpc) is 3.46. The van der Waals surface area contributed by atoms with Crippen LogP contribution in [-0.2, 0) is 29.0 Å². The molecule has 1 fully saturated rings. The van der Waals surface area contributed by atoms with Crippen LogP contribution >= 0.6 is 0 Å². The zero-order chi connectivity index (χ0) is 28.8. The smallest absolute Gasteiger partial charge is 0.250 e. The van der Waals surface area contributed by atoms with Crippen molar-refractivity contribution in [3.05, 3.63) is 94.2 Å². The van der Waals surface area contributed by atoms with E-state index in [1.165, 1.54) is 6.92 Å². The number of fused-ring (bicyclic) bond motifs is 8. The molecule has 2 amide bonds. The van der Waals surface area contributed by atoms with Gasteiger partial charge in [0.15, 0.2) is 0 Å². The number of pyridine rings is 1. The number of amides is 2. The van der Waals surface area contributed by atoms with Crippen molar-refractivity contribution in [3.8, 4) is 11.4 Å². The molecule has 2 bridgehead atoms. The minimum atomic E-state index is -0.347. The zero-order valence-electron chi connectivity index (χ0n) is 23.3. The Bertz CT molecular complexity index is 1710. The lowest BCUT2D eigenvalue weighted by atomic mass is 9.69. The Hall–Kier alpha value is -4.73. The molecule has 4 atom stereocenters. The van der Waals surface area contributed by atoms with Crippen LogP contribution in [0.25, 0.3) is 11.4 Å². The van der Waals surface area contributed by atoms with Gasteiger partial charge in [0.2, 0.25) is 23.5 Å². The molecule has 2 N–H and O–H groups in total. The predicted molar refractivity (Wildman–Crippen MR) is 157 cm³/mol. The van der Waals surface area contributed by atoms with E-state index in [4.69, 9.17) is 4.52 Å². The number of anilines is 2. The van der Waals surface area contributed by atoms with E-state index in [0.29, 0.717) is 43.6 Å². The third-order valence-corrected chi connectivity index (χ3v) is 8.75. The van der Waals surface area contributed by atoms with Gasteiger partial charge in [-0.2, -0.15) is 4.98 Å². The van der Waals surface area contributed by atoms with Crippen molar-refractivity contribution in [2.24, 2.45) is 11.8 Å². The Morgan fingerprint density at radius 3 is 2.74 bits per heavy atom. The molecule has 0 saturated carbocycles. The number of nitrogens with one attached hydrogen (secondary N) is 2. The first-order valence-corrected chi connectivity index (χ1v) is 14.5. The normalized spacial score (nSPS) is 22.0. The maximum Gasteiger partial charge on any atom is 0.250 e. The third-order valence-electron chi connectivity index (χ3n) is 8.75. The fourth-order valence-corrected chi connectivity index (χ4v) is 7.09. The van der Waals surface area contributed by atoms with E-state index in [2.05, 4.69) is 31.7 Å². The highest BCUT2D eigenvalue weighted by Crippen LogP contribution is 2.48. The second kappa shape index (κ2) is 10.6. The first-order valence-electron chi connectivity index (χ1n) is 14.5. The van der Waals surface area contributed by atoms with Gasteiger partial charge in [-0.3, -0.25) is 14.4 Å². The van der Waals surface area contributed by atoms with Gasteiger partial charge in [0.25, 0.3) is 5.56 Å². The SMILES string of the molecule is CC(=O)Nc1ccc2c(c1)CC(C(=O)NCCc1nc(-c3ccccc3)no1)C1C3CC(CN21)Cn1c3cccc1=O. The monoisotopic (exact) mass is 564 g/mol. The maximum absolute atomic E-state index is 13.9. The van der Waals surface area contributed by atoms with Crippen molar-refractivity contribution in [2.75, 3.05) is 23.3 Å². The Balaban J connectivity index is 1.16. The van der Waals surface area contributed by atoms with Gasteiger partial charge in [-0.25, -0.2) is 0 Å². The van der Waals surface area contributed by atoms with Gasteiger partial charge in [-0.05, 0) is 48.6 Å². The highest BCUT2D eigenvalue weighted by atomic mass is 16.5. The summed E-state index contributed by atoms with van der Waals surface area (Å²) in [6.07, 6.45) is 1.89. The van der Waals surface area contributed by atoms with Crippen LogP contribution in [0, 0.1) is 11.8 Å². The highest BCUT2D eigenvalue weighted by molar-refractivity contribution is 5.89. The molecule has 42 heavy (non-hydrogen) atoms. The molecule has 1 saturated heterocycles. The topological polar surface area (TPSA) is 122 Å². The zero-order valence-corrected chi connectivity index (χ0v) is 23.3. The van der Waals surface area contributed by atoms with Crippen LogP contribution in [0.1, 0.15) is 36.4 Å². The van der Waals surface area contributed by atoms with Crippen molar-refractivity contribution in [2.45, 2.75) is 44.7 Å². The van der Waals surface area contributed by atoms with Gasteiger partial charge >= 0.3 is 0 Å². The molecule has 7 rings (SSSR count). The molecule has 2 aromatic heterocycles. The van der Waals surface area contributed by atoms with E-state index in [-0.39, 0.29) is 35.3 Å². The number of nitrogens with zero attached hydrogens (tertiary/aromatic N) is 4. The fraction of sp³-hybridized carbons (Fsp3) is 0.344. The standard InChI is InChI=1S/C32H32N6O4/c1-19(39)34-23-10-11-26-22(15-23)16-25(30-24-14-20(18-38(26)30)17-37-27(24)8-5-9-29(37)40)32(41)33-13-12-28-35-31(36-42-28)21-6-3-2-4-7-21/h2-11,15,20,24-25,30H,12-14,16-18H2,1H3,(H,33,41)(H,34,39). The van der Waals surface area contributed by atoms with Crippen molar-refractivity contribution < 1.29 is 14.1 Å². The van der Waals surface area contributed by atoms with E-state index >= 15 is 0 Å². The van der Waals surface area contributed by atoms with E-state index in [1.807, 2.05) is 59.2 Å². The van der Waals surface area contributed by atoms with Crippen LogP contribution in [0.3, 0.4) is 0 Å². The molecular weight excluding hydrogens is 532 g/mol. The number of benzene rings is 2. The Labute approximate surface area is 242 Å². The first-order chi connectivity index (χ1) is 20.4. The van der Waals surface area contributed by atoms with Crippen molar-refractivity contribution in [1.29, 1.82) is 0 Å². The second-order valence-electron chi connectivity index (χ2n) is 11.5. The van der Waals surface area contributed by atoms with E-state index in [9.17, 15) is 14.4 Å². The molecule has 2 aromatic carbocycles. The van der Waals surface area contributed by atoms with Crippen LogP contribution in [-0.4, -0.2) is 45.7 Å². The fourth-order valence-electron chi connectivity index (χ4n) is 7.09. The summed E-state index contributed by atoms with van der Waals surface area (Å²) in [7, 11) is 0. The summed E-state index contributed by atoms with van der Waals surface area (Å²) >= 11 is 0. The molecule has 0 aliphatic carbocycles. The van der Waals surface area contributed by atoms with Crippen LogP contribution in [0.4, 0.5) is 11.4 Å². The highest BCUT2D eigenvalue weighted by Gasteiger charge is 2.49. The second-order valence-corrected chi connectivity index (χ2v) is 11.5. The van der Waals surface area contributed by atoms with Crippen LogP contribution in [0.2, 0.25) is 0 Å².